The van der Waals surface area contributed by atoms with Crippen molar-refractivity contribution in [1.29, 1.82) is 0 Å². The Kier molecular flexibility index (Phi) is 8.40. The first kappa shape index (κ1) is 21.2. The summed E-state index contributed by atoms with van der Waals surface area (Å²) in [7, 11) is 0. The summed E-state index contributed by atoms with van der Waals surface area (Å²) in [5.41, 5.74) is 1.22. The van der Waals surface area contributed by atoms with Crippen LogP contribution < -0.4 is 10.1 Å². The number of ether oxygens (including phenoxy) is 2. The topological polar surface area (TPSA) is 67.9 Å². The summed E-state index contributed by atoms with van der Waals surface area (Å²) >= 11 is 1.69. The van der Waals surface area contributed by atoms with E-state index in [2.05, 4.69) is 17.4 Å². The molecule has 154 valence electrons. The van der Waals surface area contributed by atoms with Gasteiger partial charge < -0.3 is 19.7 Å². The summed E-state index contributed by atoms with van der Waals surface area (Å²) in [6, 6.07) is 19.7. The average molecular weight is 415 g/mol. The minimum absolute atomic E-state index is 0.0278. The number of likely N-dealkylation sites (tertiary alicyclic amines) is 1. The molecule has 0 bridgehead atoms. The van der Waals surface area contributed by atoms with E-state index in [1.54, 1.807) is 16.7 Å². The average Bonchev–Trinajstić information content (AvgIpc) is 2.75. The molecule has 0 radical (unpaired) electrons. The molecule has 2 aromatic carbocycles. The lowest BCUT2D eigenvalue weighted by Crippen LogP contribution is -2.54. The van der Waals surface area contributed by atoms with Gasteiger partial charge in [-0.3, -0.25) is 9.59 Å². The van der Waals surface area contributed by atoms with E-state index < -0.39 is 0 Å². The van der Waals surface area contributed by atoms with Gasteiger partial charge in [-0.2, -0.15) is 0 Å². The highest BCUT2D eigenvalue weighted by Crippen LogP contribution is 2.31. The number of nitrogens with zero attached hydrogens (tertiary/aromatic N) is 1. The summed E-state index contributed by atoms with van der Waals surface area (Å²) in [5, 5.41) is 2.87. The largest absolute Gasteiger partial charge is 0.491 e. The number of amides is 2. The number of para-hydroxylation sites is 1. The van der Waals surface area contributed by atoms with Crippen molar-refractivity contribution in [1.82, 2.24) is 10.2 Å². The van der Waals surface area contributed by atoms with E-state index in [-0.39, 0.29) is 23.7 Å². The molecular formula is C22H26N2O4S. The second-order valence-electron chi connectivity index (χ2n) is 6.60. The van der Waals surface area contributed by atoms with Gasteiger partial charge in [-0.1, -0.05) is 48.5 Å². The van der Waals surface area contributed by atoms with Crippen LogP contribution in [0.2, 0.25) is 0 Å². The summed E-state index contributed by atoms with van der Waals surface area (Å²) < 4.78 is 11.0. The number of rotatable bonds is 12. The van der Waals surface area contributed by atoms with Crippen molar-refractivity contribution in [2.75, 3.05) is 32.9 Å². The van der Waals surface area contributed by atoms with Crippen LogP contribution in [0.25, 0.3) is 0 Å². The number of carbonyl (C=O) groups excluding carboxylic acids is 2. The van der Waals surface area contributed by atoms with E-state index in [0.29, 0.717) is 32.8 Å². The fourth-order valence-electron chi connectivity index (χ4n) is 2.84. The maximum Gasteiger partial charge on any atom is 0.239 e. The van der Waals surface area contributed by atoms with E-state index >= 15 is 0 Å². The van der Waals surface area contributed by atoms with Crippen LogP contribution in [0.3, 0.4) is 0 Å². The predicted octanol–water partition coefficient (Wildman–Crippen LogP) is 2.69. The van der Waals surface area contributed by atoms with Crippen molar-refractivity contribution in [2.24, 2.45) is 0 Å². The molecule has 1 fully saturated rings. The molecule has 29 heavy (non-hydrogen) atoms. The van der Waals surface area contributed by atoms with Crippen LogP contribution in [0.4, 0.5) is 0 Å². The van der Waals surface area contributed by atoms with Gasteiger partial charge in [0.15, 0.2) is 0 Å². The molecular weight excluding hydrogens is 388 g/mol. The third-order valence-corrected chi connectivity index (χ3v) is 5.73. The Morgan fingerprint density at radius 3 is 2.48 bits per heavy atom. The molecule has 7 heteroatoms. The number of carbonyl (C=O) groups is 2. The number of thioether (sulfide) groups is 1. The van der Waals surface area contributed by atoms with E-state index in [4.69, 9.17) is 9.47 Å². The zero-order valence-corrected chi connectivity index (χ0v) is 17.1. The normalized spacial score (nSPS) is 15.7. The SMILES string of the molecule is O=C(CN1C(=O)CC1SCc1ccccc1)NCCOCCOc1ccccc1. The van der Waals surface area contributed by atoms with Gasteiger partial charge in [-0.25, -0.2) is 0 Å². The quantitative estimate of drug-likeness (QED) is 0.427. The van der Waals surface area contributed by atoms with E-state index in [9.17, 15) is 9.59 Å². The Morgan fingerprint density at radius 1 is 1.03 bits per heavy atom. The highest BCUT2D eigenvalue weighted by Gasteiger charge is 2.37. The number of benzene rings is 2. The number of nitrogens with one attached hydrogen (secondary N) is 1. The standard InChI is InChI=1S/C22H26N2O4S/c25-20(23-11-12-27-13-14-28-19-9-5-2-6-10-19)16-24-21(26)15-22(24)29-17-18-7-3-1-4-8-18/h1-10,22H,11-17H2,(H,23,25). The van der Waals surface area contributed by atoms with Crippen LogP contribution in [0, 0.1) is 0 Å². The van der Waals surface area contributed by atoms with Crippen LogP contribution in [-0.2, 0) is 20.1 Å². The predicted molar refractivity (Wildman–Crippen MR) is 114 cm³/mol. The maximum absolute atomic E-state index is 12.1. The van der Waals surface area contributed by atoms with Crippen molar-refractivity contribution in [3.8, 4) is 5.75 Å². The summed E-state index contributed by atoms with van der Waals surface area (Å²) in [6.45, 7) is 1.83. The summed E-state index contributed by atoms with van der Waals surface area (Å²) in [6.07, 6.45) is 0.495. The van der Waals surface area contributed by atoms with Gasteiger partial charge >= 0.3 is 0 Å². The molecule has 1 heterocycles. The molecule has 2 aromatic rings. The van der Waals surface area contributed by atoms with E-state index in [1.807, 2.05) is 48.5 Å². The van der Waals surface area contributed by atoms with E-state index in [1.165, 1.54) is 5.56 Å². The Morgan fingerprint density at radius 2 is 1.76 bits per heavy atom. The van der Waals surface area contributed by atoms with Crippen molar-refractivity contribution in [2.45, 2.75) is 17.5 Å². The molecule has 1 saturated heterocycles. The van der Waals surface area contributed by atoms with Crippen molar-refractivity contribution < 1.29 is 19.1 Å². The zero-order valence-electron chi connectivity index (χ0n) is 16.3. The molecule has 1 unspecified atom stereocenters. The molecule has 1 aliphatic rings. The van der Waals surface area contributed by atoms with Crippen LogP contribution in [0.5, 0.6) is 5.75 Å². The molecule has 1 atom stereocenters. The minimum atomic E-state index is -0.160. The molecule has 2 amide bonds. The van der Waals surface area contributed by atoms with Gasteiger partial charge in [-0.15, -0.1) is 11.8 Å². The molecule has 0 aromatic heterocycles. The van der Waals surface area contributed by atoms with Crippen molar-refractivity contribution in [3.05, 3.63) is 66.2 Å². The van der Waals surface area contributed by atoms with Crippen LogP contribution in [0.1, 0.15) is 12.0 Å². The number of hydrogen-bond donors (Lipinski definition) is 1. The van der Waals surface area contributed by atoms with Crippen LogP contribution in [-0.4, -0.2) is 55.0 Å². The zero-order chi connectivity index (χ0) is 20.3. The second kappa shape index (κ2) is 11.5. The fraction of sp³-hybridized carbons (Fsp3) is 0.364. The highest BCUT2D eigenvalue weighted by molar-refractivity contribution is 7.99. The van der Waals surface area contributed by atoms with Gasteiger partial charge in [0.05, 0.1) is 25.0 Å². The van der Waals surface area contributed by atoms with E-state index in [0.717, 1.165) is 11.5 Å². The Labute approximate surface area is 175 Å². The molecule has 0 saturated carbocycles. The fourth-order valence-corrected chi connectivity index (χ4v) is 4.05. The Bertz CT molecular complexity index is 773. The van der Waals surface area contributed by atoms with Gasteiger partial charge in [-0.05, 0) is 17.7 Å². The first-order valence-corrected chi connectivity index (χ1v) is 10.7. The smallest absolute Gasteiger partial charge is 0.239 e. The first-order chi connectivity index (χ1) is 14.2. The van der Waals surface area contributed by atoms with Gasteiger partial charge in [0, 0.05) is 12.3 Å². The molecule has 3 rings (SSSR count). The molecule has 1 aliphatic heterocycles. The van der Waals surface area contributed by atoms with Gasteiger partial charge in [0.1, 0.15) is 18.9 Å². The van der Waals surface area contributed by atoms with Crippen LogP contribution in [0.15, 0.2) is 60.7 Å². The van der Waals surface area contributed by atoms with Crippen LogP contribution >= 0.6 is 11.8 Å². The minimum Gasteiger partial charge on any atom is -0.491 e. The highest BCUT2D eigenvalue weighted by atomic mass is 32.2. The lowest BCUT2D eigenvalue weighted by molar-refractivity contribution is -0.145. The molecule has 0 spiro atoms. The maximum atomic E-state index is 12.1. The van der Waals surface area contributed by atoms with Crippen molar-refractivity contribution >= 4 is 23.6 Å². The lowest BCUT2D eigenvalue weighted by Gasteiger charge is -2.39. The monoisotopic (exact) mass is 414 g/mol. The second-order valence-corrected chi connectivity index (χ2v) is 7.77. The summed E-state index contributed by atoms with van der Waals surface area (Å²) in [4.78, 5) is 25.6. The third kappa shape index (κ3) is 7.11. The third-order valence-electron chi connectivity index (χ3n) is 4.42. The van der Waals surface area contributed by atoms with Gasteiger partial charge in [0.2, 0.25) is 11.8 Å². The molecule has 6 nitrogen and oxygen atoms in total. The number of β-lactam (4-membered cyclic amide) rings is 1. The molecule has 0 aliphatic carbocycles. The first-order valence-electron chi connectivity index (χ1n) is 9.69. The summed E-state index contributed by atoms with van der Waals surface area (Å²) in [5.74, 6) is 1.51. The Balaban J connectivity index is 1.24. The molecule has 1 N–H and O–H groups in total. The van der Waals surface area contributed by atoms with Gasteiger partial charge in [0.25, 0.3) is 0 Å². The van der Waals surface area contributed by atoms with Crippen molar-refractivity contribution in [3.63, 3.8) is 0 Å². The lowest BCUT2D eigenvalue weighted by atomic mass is 10.2. The number of hydrogen-bond acceptors (Lipinski definition) is 5. The Hall–Kier alpha value is -2.51.